The molecule has 0 fully saturated rings. The minimum atomic E-state index is -0.862. The largest absolute Gasteiger partial charge is 0.348 e. The van der Waals surface area contributed by atoms with Crippen molar-refractivity contribution in [2.24, 2.45) is 5.73 Å². The topological polar surface area (TPSA) is 55.1 Å². The Labute approximate surface area is 118 Å². The zero-order valence-corrected chi connectivity index (χ0v) is 11.6. The second kappa shape index (κ2) is 8.82. The fourth-order valence-corrected chi connectivity index (χ4v) is 1.67. The second-order valence-corrected chi connectivity index (χ2v) is 4.14. The van der Waals surface area contributed by atoms with E-state index in [1.807, 2.05) is 6.92 Å². The van der Waals surface area contributed by atoms with Crippen LogP contribution in [-0.4, -0.2) is 18.5 Å². The van der Waals surface area contributed by atoms with E-state index in [-0.39, 0.29) is 25.0 Å². The maximum atomic E-state index is 13.4. The van der Waals surface area contributed by atoms with Gasteiger partial charge in [-0.2, -0.15) is 0 Å². The van der Waals surface area contributed by atoms with Crippen LogP contribution < -0.4 is 11.1 Å². The van der Waals surface area contributed by atoms with Crippen LogP contribution in [0.15, 0.2) is 18.2 Å². The van der Waals surface area contributed by atoms with Gasteiger partial charge in [-0.15, -0.1) is 12.4 Å². The second-order valence-electron chi connectivity index (χ2n) is 4.14. The molecule has 0 saturated heterocycles. The highest BCUT2D eigenvalue weighted by Gasteiger charge is 2.19. The van der Waals surface area contributed by atoms with Crippen LogP contribution in [0.1, 0.15) is 36.5 Å². The zero-order valence-electron chi connectivity index (χ0n) is 10.8. The number of hydrogen-bond donors (Lipinski definition) is 2. The van der Waals surface area contributed by atoms with Gasteiger partial charge in [0.1, 0.15) is 17.2 Å². The van der Waals surface area contributed by atoms with Crippen LogP contribution in [0.4, 0.5) is 8.78 Å². The molecule has 1 amide bonds. The third-order valence-electron chi connectivity index (χ3n) is 2.72. The van der Waals surface area contributed by atoms with Crippen LogP contribution in [0.2, 0.25) is 0 Å². The number of hydrogen-bond acceptors (Lipinski definition) is 2. The molecule has 19 heavy (non-hydrogen) atoms. The molecule has 3 nitrogen and oxygen atoms in total. The van der Waals surface area contributed by atoms with Gasteiger partial charge in [0, 0.05) is 12.6 Å². The smallest absolute Gasteiger partial charge is 0.257 e. The quantitative estimate of drug-likeness (QED) is 0.847. The maximum absolute atomic E-state index is 13.4. The summed E-state index contributed by atoms with van der Waals surface area (Å²) in [5, 5.41) is 2.56. The molecule has 108 valence electrons. The predicted octanol–water partition coefficient (Wildman–Crippen LogP) is 2.63. The third-order valence-corrected chi connectivity index (χ3v) is 2.72. The minimum absolute atomic E-state index is 0. The van der Waals surface area contributed by atoms with Gasteiger partial charge in [-0.3, -0.25) is 4.79 Å². The van der Waals surface area contributed by atoms with Gasteiger partial charge >= 0.3 is 0 Å². The Hall–Kier alpha value is -1.20. The summed E-state index contributed by atoms with van der Waals surface area (Å²) in [5.41, 5.74) is 4.97. The van der Waals surface area contributed by atoms with Gasteiger partial charge in [-0.1, -0.05) is 25.8 Å². The molecule has 0 bridgehead atoms. The van der Waals surface area contributed by atoms with E-state index in [4.69, 9.17) is 5.73 Å². The summed E-state index contributed by atoms with van der Waals surface area (Å²) in [7, 11) is 0. The molecule has 1 aromatic rings. The van der Waals surface area contributed by atoms with Gasteiger partial charge in [0.15, 0.2) is 0 Å². The van der Waals surface area contributed by atoms with Crippen LogP contribution in [0.5, 0.6) is 0 Å². The highest BCUT2D eigenvalue weighted by molar-refractivity contribution is 5.94. The van der Waals surface area contributed by atoms with Gasteiger partial charge in [0.05, 0.1) is 0 Å². The number of unbranched alkanes of at least 4 members (excludes halogenated alkanes) is 1. The molecule has 0 aromatic heterocycles. The van der Waals surface area contributed by atoms with E-state index in [9.17, 15) is 13.6 Å². The van der Waals surface area contributed by atoms with Crippen molar-refractivity contribution in [3.63, 3.8) is 0 Å². The Balaban J connectivity index is 0.00000324. The highest BCUT2D eigenvalue weighted by Crippen LogP contribution is 2.12. The fourth-order valence-electron chi connectivity index (χ4n) is 1.67. The van der Waals surface area contributed by atoms with Gasteiger partial charge in [0.2, 0.25) is 0 Å². The fraction of sp³-hybridized carbons (Fsp3) is 0.462. The maximum Gasteiger partial charge on any atom is 0.257 e. The third kappa shape index (κ3) is 5.12. The average Bonchev–Trinajstić information content (AvgIpc) is 2.34. The van der Waals surface area contributed by atoms with Crippen LogP contribution in [0, 0.1) is 11.6 Å². The van der Waals surface area contributed by atoms with Crippen LogP contribution in [0.3, 0.4) is 0 Å². The number of carbonyl (C=O) groups excluding carboxylic acids is 1. The van der Waals surface area contributed by atoms with Gasteiger partial charge < -0.3 is 11.1 Å². The summed E-state index contributed by atoms with van der Waals surface area (Å²) in [4.78, 5) is 11.8. The molecule has 6 heteroatoms. The van der Waals surface area contributed by atoms with Crippen LogP contribution in [-0.2, 0) is 0 Å². The van der Waals surface area contributed by atoms with E-state index in [1.54, 1.807) is 0 Å². The number of rotatable bonds is 6. The zero-order chi connectivity index (χ0) is 13.5. The molecule has 0 aliphatic carbocycles. The first-order valence-corrected chi connectivity index (χ1v) is 6.05. The summed E-state index contributed by atoms with van der Waals surface area (Å²) >= 11 is 0. The lowest BCUT2D eigenvalue weighted by Crippen LogP contribution is -2.40. The summed E-state index contributed by atoms with van der Waals surface area (Å²) in [5.74, 6) is -2.48. The molecule has 3 N–H and O–H groups in total. The molecule has 0 aliphatic rings. The molecule has 0 radical (unpaired) electrons. The van der Waals surface area contributed by atoms with Gasteiger partial charge in [-0.25, -0.2) is 8.78 Å². The number of carbonyl (C=O) groups is 1. The van der Waals surface area contributed by atoms with Gasteiger partial charge in [0.25, 0.3) is 5.91 Å². The van der Waals surface area contributed by atoms with Crippen molar-refractivity contribution in [2.75, 3.05) is 6.54 Å². The Bertz CT molecular complexity index is 395. The molecule has 0 saturated carbocycles. The van der Waals surface area contributed by atoms with Crippen LogP contribution in [0.25, 0.3) is 0 Å². The lowest BCUT2D eigenvalue weighted by molar-refractivity contribution is 0.0927. The Morgan fingerprint density at radius 2 is 1.95 bits per heavy atom. The Morgan fingerprint density at radius 3 is 2.42 bits per heavy atom. The first kappa shape index (κ1) is 17.8. The lowest BCUT2D eigenvalue weighted by atomic mass is 10.1. The summed E-state index contributed by atoms with van der Waals surface area (Å²) in [6, 6.07) is 3.08. The normalized spacial score (nSPS) is 11.6. The first-order chi connectivity index (χ1) is 8.60. The average molecular weight is 293 g/mol. The predicted molar refractivity (Wildman–Crippen MR) is 73.4 cm³/mol. The number of benzene rings is 1. The number of nitrogens with one attached hydrogen (secondary N) is 1. The molecular formula is C13H19ClF2N2O. The van der Waals surface area contributed by atoms with Crippen molar-refractivity contribution in [3.8, 4) is 0 Å². The minimum Gasteiger partial charge on any atom is -0.348 e. The van der Waals surface area contributed by atoms with E-state index in [1.165, 1.54) is 6.07 Å². The molecular weight excluding hydrogens is 274 g/mol. The van der Waals surface area contributed by atoms with Crippen molar-refractivity contribution in [1.82, 2.24) is 5.32 Å². The Morgan fingerprint density at radius 1 is 1.37 bits per heavy atom. The van der Waals surface area contributed by atoms with Crippen molar-refractivity contribution in [2.45, 2.75) is 32.2 Å². The van der Waals surface area contributed by atoms with Crippen molar-refractivity contribution in [1.29, 1.82) is 0 Å². The van der Waals surface area contributed by atoms with Crippen LogP contribution >= 0.6 is 12.4 Å². The van der Waals surface area contributed by atoms with Crippen molar-refractivity contribution < 1.29 is 13.6 Å². The van der Waals surface area contributed by atoms with Crippen molar-refractivity contribution >= 4 is 18.3 Å². The number of halogens is 3. The SMILES string of the molecule is CCCCC(CN)NC(=O)c1c(F)cccc1F.Cl. The monoisotopic (exact) mass is 292 g/mol. The molecule has 1 aromatic carbocycles. The highest BCUT2D eigenvalue weighted by atomic mass is 35.5. The van der Waals surface area contributed by atoms with Gasteiger partial charge in [-0.05, 0) is 18.6 Å². The standard InChI is InChI=1S/C13H18F2N2O.ClH/c1-2-3-5-9(8-16)17-13(18)12-10(14)6-4-7-11(12)15;/h4,6-7,9H,2-3,5,8,16H2,1H3,(H,17,18);1H. The van der Waals surface area contributed by atoms with E-state index < -0.39 is 23.1 Å². The Kier molecular flexibility index (Phi) is 8.27. The molecule has 1 atom stereocenters. The van der Waals surface area contributed by atoms with E-state index in [2.05, 4.69) is 5.32 Å². The first-order valence-electron chi connectivity index (χ1n) is 6.05. The molecule has 0 heterocycles. The molecule has 0 aliphatic heterocycles. The molecule has 1 unspecified atom stereocenters. The number of amides is 1. The van der Waals surface area contributed by atoms with Crippen molar-refractivity contribution in [3.05, 3.63) is 35.4 Å². The summed E-state index contributed by atoms with van der Waals surface area (Å²) < 4.78 is 26.8. The molecule has 0 spiro atoms. The molecule has 1 rings (SSSR count). The van der Waals surface area contributed by atoms with E-state index in [0.29, 0.717) is 6.42 Å². The summed E-state index contributed by atoms with van der Waals surface area (Å²) in [6.45, 7) is 2.27. The van der Waals surface area contributed by atoms with E-state index >= 15 is 0 Å². The van der Waals surface area contributed by atoms with E-state index in [0.717, 1.165) is 25.0 Å². The number of nitrogens with two attached hydrogens (primary N) is 1. The lowest BCUT2D eigenvalue weighted by Gasteiger charge is -2.16. The summed E-state index contributed by atoms with van der Waals surface area (Å²) in [6.07, 6.45) is 2.58.